The molecule has 0 aliphatic rings. The van der Waals surface area contributed by atoms with Gasteiger partial charge in [-0.1, -0.05) is 6.92 Å². The molecule has 0 fully saturated rings. The highest BCUT2D eigenvalue weighted by Crippen LogP contribution is 2.28. The number of halogens is 2. The van der Waals surface area contributed by atoms with Gasteiger partial charge in [0.15, 0.2) is 0 Å². The van der Waals surface area contributed by atoms with Crippen LogP contribution >= 0.6 is 38.5 Å². The van der Waals surface area contributed by atoms with Gasteiger partial charge in [-0.25, -0.2) is 0 Å². The molecule has 4 nitrogen and oxygen atoms in total. The summed E-state index contributed by atoms with van der Waals surface area (Å²) in [5.74, 6) is 1.23. The number of hydrogen-bond acceptors (Lipinski definition) is 4. The normalized spacial score (nSPS) is 10.8. The fourth-order valence-electron chi connectivity index (χ4n) is 1.50. The zero-order valence-corrected chi connectivity index (χ0v) is 13.7. The molecule has 0 atom stereocenters. The second-order valence-corrected chi connectivity index (χ2v) is 5.83. The van der Waals surface area contributed by atoms with Crippen molar-refractivity contribution in [2.24, 2.45) is 0 Å². The predicted octanol–water partition coefficient (Wildman–Crippen LogP) is 3.26. The molecule has 0 radical (unpaired) electrons. The molecular formula is C12H13BrIN3O. The van der Waals surface area contributed by atoms with Gasteiger partial charge in [-0.3, -0.25) is 0 Å². The summed E-state index contributed by atoms with van der Waals surface area (Å²) in [7, 11) is 0. The van der Waals surface area contributed by atoms with Gasteiger partial charge >= 0.3 is 0 Å². The highest BCUT2D eigenvalue weighted by molar-refractivity contribution is 14.1. The lowest BCUT2D eigenvalue weighted by atomic mass is 10.2. The van der Waals surface area contributed by atoms with Crippen LogP contribution in [0.4, 0.5) is 0 Å². The topological polar surface area (TPSA) is 51.0 Å². The summed E-state index contributed by atoms with van der Waals surface area (Å²) in [6.45, 7) is 3.87. The van der Waals surface area contributed by atoms with Crippen LogP contribution in [0.2, 0.25) is 0 Å². The monoisotopic (exact) mass is 421 g/mol. The SMILES string of the molecule is CCNCCc1nnc(-c2cc(I)ccc2Br)o1. The van der Waals surface area contributed by atoms with Gasteiger partial charge in [0.05, 0.1) is 5.56 Å². The van der Waals surface area contributed by atoms with Crippen LogP contribution in [0.25, 0.3) is 11.5 Å². The first kappa shape index (κ1) is 14.0. The van der Waals surface area contributed by atoms with Crippen molar-refractivity contribution in [3.63, 3.8) is 0 Å². The van der Waals surface area contributed by atoms with Gasteiger partial charge in [0.2, 0.25) is 11.8 Å². The average Bonchev–Trinajstić information content (AvgIpc) is 2.81. The first-order valence-corrected chi connectivity index (χ1v) is 7.56. The molecule has 1 aromatic heterocycles. The summed E-state index contributed by atoms with van der Waals surface area (Å²) in [6.07, 6.45) is 0.752. The Kier molecular flexibility index (Phi) is 5.13. The molecule has 1 heterocycles. The van der Waals surface area contributed by atoms with E-state index in [-0.39, 0.29) is 0 Å². The van der Waals surface area contributed by atoms with E-state index in [1.807, 2.05) is 18.2 Å². The fourth-order valence-corrected chi connectivity index (χ4v) is 2.40. The molecule has 96 valence electrons. The van der Waals surface area contributed by atoms with Gasteiger partial charge < -0.3 is 9.73 Å². The third kappa shape index (κ3) is 3.52. The van der Waals surface area contributed by atoms with E-state index >= 15 is 0 Å². The van der Waals surface area contributed by atoms with E-state index in [2.05, 4.69) is 61.0 Å². The standard InChI is InChI=1S/C12H13BrIN3O/c1-2-15-6-5-11-16-17-12(18-11)9-7-8(14)3-4-10(9)13/h3-4,7,15H,2,5-6H2,1H3. The molecule has 18 heavy (non-hydrogen) atoms. The number of rotatable bonds is 5. The van der Waals surface area contributed by atoms with Crippen LogP contribution in [0.1, 0.15) is 12.8 Å². The maximum absolute atomic E-state index is 5.66. The van der Waals surface area contributed by atoms with Gasteiger partial charge in [0.1, 0.15) is 0 Å². The Bertz CT molecular complexity index is 530. The van der Waals surface area contributed by atoms with Crippen LogP contribution in [0.3, 0.4) is 0 Å². The summed E-state index contributed by atoms with van der Waals surface area (Å²) >= 11 is 5.76. The molecule has 0 bridgehead atoms. The first-order chi connectivity index (χ1) is 8.70. The summed E-state index contributed by atoms with van der Waals surface area (Å²) in [5.41, 5.74) is 0.934. The Balaban J connectivity index is 2.16. The van der Waals surface area contributed by atoms with Crippen molar-refractivity contribution in [3.05, 3.63) is 32.1 Å². The molecule has 0 amide bonds. The van der Waals surface area contributed by atoms with Crippen LogP contribution in [0, 0.1) is 3.57 Å². The lowest BCUT2D eigenvalue weighted by molar-refractivity contribution is 0.496. The number of likely N-dealkylation sites (N-methyl/N-ethyl adjacent to an activating group) is 1. The molecule has 2 aromatic rings. The Hall–Kier alpha value is -0.470. The number of nitrogens with one attached hydrogen (secondary N) is 1. The third-order valence-electron chi connectivity index (χ3n) is 2.39. The third-order valence-corrected chi connectivity index (χ3v) is 3.75. The van der Waals surface area contributed by atoms with Crippen LogP contribution in [0.5, 0.6) is 0 Å². The minimum Gasteiger partial charge on any atom is -0.421 e. The molecule has 0 unspecified atom stereocenters. The van der Waals surface area contributed by atoms with E-state index in [9.17, 15) is 0 Å². The molecule has 1 N–H and O–H groups in total. The van der Waals surface area contributed by atoms with Gasteiger partial charge in [-0.05, 0) is 63.3 Å². The zero-order valence-electron chi connectivity index (χ0n) is 9.91. The molecule has 0 spiro atoms. The van der Waals surface area contributed by atoms with Crippen molar-refractivity contribution in [1.29, 1.82) is 0 Å². The minimum absolute atomic E-state index is 0.562. The molecule has 0 saturated carbocycles. The smallest absolute Gasteiger partial charge is 0.248 e. The van der Waals surface area contributed by atoms with Crippen LogP contribution in [-0.2, 0) is 6.42 Å². The minimum atomic E-state index is 0.562. The van der Waals surface area contributed by atoms with Gasteiger partial charge in [-0.15, -0.1) is 10.2 Å². The Morgan fingerprint density at radius 3 is 3.00 bits per heavy atom. The number of nitrogens with zero attached hydrogens (tertiary/aromatic N) is 2. The van der Waals surface area contributed by atoms with Gasteiger partial charge in [-0.2, -0.15) is 0 Å². The van der Waals surface area contributed by atoms with E-state index < -0.39 is 0 Å². The second kappa shape index (κ2) is 6.63. The first-order valence-electron chi connectivity index (χ1n) is 5.69. The summed E-state index contributed by atoms with van der Waals surface area (Å²) in [6, 6.07) is 6.03. The van der Waals surface area contributed by atoms with Crippen LogP contribution in [0.15, 0.2) is 27.1 Å². The van der Waals surface area contributed by atoms with Crippen LogP contribution < -0.4 is 5.32 Å². The van der Waals surface area contributed by atoms with Gasteiger partial charge in [0, 0.05) is 21.0 Å². The molecule has 0 saturated heterocycles. The Labute approximate surface area is 128 Å². The van der Waals surface area contributed by atoms with Gasteiger partial charge in [0.25, 0.3) is 0 Å². The largest absolute Gasteiger partial charge is 0.421 e. The second-order valence-electron chi connectivity index (χ2n) is 3.73. The quantitative estimate of drug-likeness (QED) is 0.594. The highest BCUT2D eigenvalue weighted by Gasteiger charge is 2.11. The number of aromatic nitrogens is 2. The Morgan fingerprint density at radius 2 is 2.22 bits per heavy atom. The van der Waals surface area contributed by atoms with Crippen LogP contribution in [-0.4, -0.2) is 23.3 Å². The van der Waals surface area contributed by atoms with E-state index in [1.54, 1.807) is 0 Å². The zero-order chi connectivity index (χ0) is 13.0. The molecular weight excluding hydrogens is 409 g/mol. The predicted molar refractivity (Wildman–Crippen MR) is 82.4 cm³/mol. The summed E-state index contributed by atoms with van der Waals surface area (Å²) in [5, 5.41) is 11.4. The Morgan fingerprint density at radius 1 is 1.39 bits per heavy atom. The maximum Gasteiger partial charge on any atom is 0.248 e. The number of benzene rings is 1. The molecule has 6 heteroatoms. The van der Waals surface area contributed by atoms with Crippen molar-refractivity contribution in [3.8, 4) is 11.5 Å². The van der Waals surface area contributed by atoms with E-state index in [4.69, 9.17) is 4.42 Å². The summed E-state index contributed by atoms with van der Waals surface area (Å²) < 4.78 is 7.76. The van der Waals surface area contributed by atoms with Crippen molar-refractivity contribution in [2.45, 2.75) is 13.3 Å². The molecule has 0 aliphatic carbocycles. The van der Waals surface area contributed by atoms with Crippen molar-refractivity contribution < 1.29 is 4.42 Å². The van der Waals surface area contributed by atoms with E-state index in [0.717, 1.165) is 33.1 Å². The highest BCUT2D eigenvalue weighted by atomic mass is 127. The molecule has 2 rings (SSSR count). The maximum atomic E-state index is 5.66. The lowest BCUT2D eigenvalue weighted by Gasteiger charge is -2.00. The number of hydrogen-bond donors (Lipinski definition) is 1. The van der Waals surface area contributed by atoms with Crippen molar-refractivity contribution in [2.75, 3.05) is 13.1 Å². The average molecular weight is 422 g/mol. The molecule has 1 aromatic carbocycles. The van der Waals surface area contributed by atoms with Crippen molar-refractivity contribution >= 4 is 38.5 Å². The van der Waals surface area contributed by atoms with Crippen molar-refractivity contribution in [1.82, 2.24) is 15.5 Å². The summed E-state index contributed by atoms with van der Waals surface area (Å²) in [4.78, 5) is 0. The van der Waals surface area contributed by atoms with E-state index in [0.29, 0.717) is 11.8 Å². The fraction of sp³-hybridized carbons (Fsp3) is 0.333. The molecule has 0 aliphatic heterocycles. The van der Waals surface area contributed by atoms with E-state index in [1.165, 1.54) is 0 Å². The lowest BCUT2D eigenvalue weighted by Crippen LogP contribution is -2.16.